The minimum Gasteiger partial charge on any atom is -0.356 e. The standard InChI is InChI=1S/C26H26N6O3S/c1-2-21(31-25(34)15-3-4-22-18(7-15)13-29-32-22)17-8-16(11-27-12-17)19-9-23(36-14-19)26(35)30-20-5-6-28-24(33)10-20/h3-4,7-9,11-14,20-21H,2,5-6,10H2,1H3,(H,28,33)(H,29,32)(H,30,35)(H,31,34). The van der Waals surface area contributed by atoms with Crippen molar-refractivity contribution < 1.29 is 14.4 Å². The average Bonchev–Trinajstić information content (AvgIpc) is 3.57. The Morgan fingerprint density at radius 1 is 1.14 bits per heavy atom. The molecule has 0 spiro atoms. The molecular weight excluding hydrogens is 476 g/mol. The van der Waals surface area contributed by atoms with E-state index in [0.717, 1.165) is 34.0 Å². The summed E-state index contributed by atoms with van der Waals surface area (Å²) in [6.07, 6.45) is 6.91. The molecule has 0 saturated carbocycles. The van der Waals surface area contributed by atoms with Crippen LogP contribution in [0, 0.1) is 0 Å². The highest BCUT2D eigenvalue weighted by atomic mass is 32.1. The number of hydrogen-bond donors (Lipinski definition) is 4. The van der Waals surface area contributed by atoms with Crippen LogP contribution in [0.15, 0.2) is 54.3 Å². The van der Waals surface area contributed by atoms with E-state index in [0.29, 0.717) is 29.8 Å². The molecule has 184 valence electrons. The summed E-state index contributed by atoms with van der Waals surface area (Å²) in [6.45, 7) is 2.58. The zero-order chi connectivity index (χ0) is 25.1. The molecule has 3 amide bonds. The average molecular weight is 503 g/mol. The summed E-state index contributed by atoms with van der Waals surface area (Å²) >= 11 is 1.35. The number of thiophene rings is 1. The van der Waals surface area contributed by atoms with Gasteiger partial charge in [-0.2, -0.15) is 5.10 Å². The Bertz CT molecular complexity index is 1430. The predicted octanol–water partition coefficient (Wildman–Crippen LogP) is 3.58. The van der Waals surface area contributed by atoms with Crippen LogP contribution in [0.25, 0.3) is 22.0 Å². The van der Waals surface area contributed by atoms with Crippen molar-refractivity contribution in [2.24, 2.45) is 0 Å². The fraction of sp³-hybridized carbons (Fsp3) is 0.269. The Hall–Kier alpha value is -4.05. The Kier molecular flexibility index (Phi) is 6.77. The number of nitrogens with zero attached hydrogens (tertiary/aromatic N) is 2. The lowest BCUT2D eigenvalue weighted by Gasteiger charge is -2.22. The molecule has 9 nitrogen and oxygen atoms in total. The summed E-state index contributed by atoms with van der Waals surface area (Å²) in [7, 11) is 0. The Balaban J connectivity index is 1.29. The number of carbonyl (C=O) groups excluding carboxylic acids is 3. The fourth-order valence-corrected chi connectivity index (χ4v) is 5.14. The first-order chi connectivity index (χ1) is 17.5. The number of piperidine rings is 1. The maximum Gasteiger partial charge on any atom is 0.261 e. The van der Waals surface area contributed by atoms with Crippen LogP contribution in [0.5, 0.6) is 0 Å². The largest absolute Gasteiger partial charge is 0.356 e. The smallest absolute Gasteiger partial charge is 0.261 e. The van der Waals surface area contributed by atoms with Gasteiger partial charge in [0.15, 0.2) is 0 Å². The molecule has 1 aromatic carbocycles. The first-order valence-corrected chi connectivity index (χ1v) is 12.7. The molecule has 5 rings (SSSR count). The first-order valence-electron chi connectivity index (χ1n) is 11.9. The molecule has 3 aromatic heterocycles. The summed E-state index contributed by atoms with van der Waals surface area (Å²) in [5.74, 6) is -0.384. The Morgan fingerprint density at radius 2 is 2.03 bits per heavy atom. The van der Waals surface area contributed by atoms with Crippen molar-refractivity contribution in [2.45, 2.75) is 38.3 Å². The predicted molar refractivity (Wildman–Crippen MR) is 138 cm³/mol. The van der Waals surface area contributed by atoms with Gasteiger partial charge in [-0.05, 0) is 59.7 Å². The summed E-state index contributed by atoms with van der Waals surface area (Å²) in [5, 5.41) is 18.5. The van der Waals surface area contributed by atoms with Crippen LogP contribution in [-0.4, -0.2) is 45.5 Å². The molecule has 10 heteroatoms. The van der Waals surface area contributed by atoms with Crippen molar-refractivity contribution in [1.82, 2.24) is 31.1 Å². The second-order valence-corrected chi connectivity index (χ2v) is 9.74. The van der Waals surface area contributed by atoms with E-state index in [9.17, 15) is 14.4 Å². The van der Waals surface area contributed by atoms with Crippen molar-refractivity contribution in [3.63, 3.8) is 0 Å². The number of aromatic nitrogens is 3. The van der Waals surface area contributed by atoms with E-state index < -0.39 is 0 Å². The zero-order valence-corrected chi connectivity index (χ0v) is 20.5. The molecule has 4 N–H and O–H groups in total. The second kappa shape index (κ2) is 10.3. The SMILES string of the molecule is CCC(NC(=O)c1ccc2[nH]ncc2c1)c1cncc(-c2csc(C(=O)NC3CCNC(=O)C3)c2)c1. The molecule has 0 bridgehead atoms. The number of amides is 3. The maximum atomic E-state index is 12.9. The number of rotatable bonds is 7. The van der Waals surface area contributed by atoms with Crippen molar-refractivity contribution in [3.8, 4) is 11.1 Å². The van der Waals surface area contributed by atoms with Crippen LogP contribution in [-0.2, 0) is 4.79 Å². The number of benzene rings is 1. The molecule has 1 aliphatic rings. The van der Waals surface area contributed by atoms with Gasteiger partial charge in [0.25, 0.3) is 11.8 Å². The number of fused-ring (bicyclic) bond motifs is 1. The molecule has 0 aliphatic carbocycles. The van der Waals surface area contributed by atoms with Gasteiger partial charge < -0.3 is 16.0 Å². The van der Waals surface area contributed by atoms with Gasteiger partial charge in [0, 0.05) is 47.9 Å². The zero-order valence-electron chi connectivity index (χ0n) is 19.7. The number of aromatic amines is 1. The lowest BCUT2D eigenvalue weighted by molar-refractivity contribution is -0.122. The maximum absolute atomic E-state index is 12.9. The molecule has 1 fully saturated rings. The number of nitrogens with one attached hydrogen (secondary N) is 4. The van der Waals surface area contributed by atoms with Crippen LogP contribution in [0.3, 0.4) is 0 Å². The third-order valence-electron chi connectivity index (χ3n) is 6.32. The van der Waals surface area contributed by atoms with Crippen molar-refractivity contribution in [1.29, 1.82) is 0 Å². The molecule has 1 aliphatic heterocycles. The van der Waals surface area contributed by atoms with E-state index in [1.54, 1.807) is 24.7 Å². The van der Waals surface area contributed by atoms with Gasteiger partial charge in [-0.15, -0.1) is 11.3 Å². The molecule has 0 radical (unpaired) electrons. The fourth-order valence-electron chi connectivity index (χ4n) is 4.32. The summed E-state index contributed by atoms with van der Waals surface area (Å²) in [4.78, 5) is 42.2. The van der Waals surface area contributed by atoms with Crippen molar-refractivity contribution >= 4 is 40.0 Å². The van der Waals surface area contributed by atoms with Gasteiger partial charge >= 0.3 is 0 Å². The van der Waals surface area contributed by atoms with Crippen molar-refractivity contribution in [3.05, 3.63) is 70.3 Å². The van der Waals surface area contributed by atoms with E-state index >= 15 is 0 Å². The number of pyridine rings is 1. The lowest BCUT2D eigenvalue weighted by atomic mass is 10.0. The summed E-state index contributed by atoms with van der Waals surface area (Å²) in [6, 6.07) is 8.89. The van der Waals surface area contributed by atoms with Gasteiger partial charge in [0.1, 0.15) is 0 Å². The molecule has 2 unspecified atom stereocenters. The topological polar surface area (TPSA) is 129 Å². The molecule has 4 heterocycles. The number of carbonyl (C=O) groups is 3. The summed E-state index contributed by atoms with van der Waals surface area (Å²) in [5.41, 5.74) is 4.08. The van der Waals surface area contributed by atoms with E-state index in [1.165, 1.54) is 11.3 Å². The van der Waals surface area contributed by atoms with Crippen LogP contribution in [0.1, 0.15) is 57.8 Å². The van der Waals surface area contributed by atoms with Gasteiger partial charge in [-0.1, -0.05) is 6.92 Å². The molecular formula is C26H26N6O3S. The van der Waals surface area contributed by atoms with Crippen LogP contribution >= 0.6 is 11.3 Å². The third kappa shape index (κ3) is 5.13. The number of H-pyrrole nitrogens is 1. The second-order valence-electron chi connectivity index (χ2n) is 8.83. The van der Waals surface area contributed by atoms with Gasteiger partial charge in [-0.25, -0.2) is 0 Å². The van der Waals surface area contributed by atoms with E-state index in [2.05, 4.69) is 31.1 Å². The number of hydrogen-bond acceptors (Lipinski definition) is 6. The Labute approximate surface area is 211 Å². The van der Waals surface area contributed by atoms with Crippen molar-refractivity contribution in [2.75, 3.05) is 6.54 Å². The van der Waals surface area contributed by atoms with Crippen LogP contribution in [0.2, 0.25) is 0 Å². The monoisotopic (exact) mass is 502 g/mol. The molecule has 2 atom stereocenters. The Morgan fingerprint density at radius 3 is 2.86 bits per heavy atom. The van der Waals surface area contributed by atoms with Crippen LogP contribution in [0.4, 0.5) is 0 Å². The van der Waals surface area contributed by atoms with E-state index in [1.807, 2.05) is 36.6 Å². The minimum absolute atomic E-state index is 0.0408. The van der Waals surface area contributed by atoms with E-state index in [-0.39, 0.29) is 29.8 Å². The first kappa shape index (κ1) is 23.7. The molecule has 4 aromatic rings. The highest BCUT2D eigenvalue weighted by molar-refractivity contribution is 7.12. The van der Waals surface area contributed by atoms with Crippen LogP contribution < -0.4 is 16.0 Å². The normalized spacial score (nSPS) is 16.4. The van der Waals surface area contributed by atoms with Gasteiger partial charge in [-0.3, -0.25) is 24.5 Å². The quantitative estimate of drug-likeness (QED) is 0.307. The third-order valence-corrected chi connectivity index (χ3v) is 7.25. The van der Waals surface area contributed by atoms with E-state index in [4.69, 9.17) is 0 Å². The molecule has 36 heavy (non-hydrogen) atoms. The lowest BCUT2D eigenvalue weighted by Crippen LogP contribution is -2.45. The highest BCUT2D eigenvalue weighted by Gasteiger charge is 2.22. The molecule has 1 saturated heterocycles. The highest BCUT2D eigenvalue weighted by Crippen LogP contribution is 2.28. The van der Waals surface area contributed by atoms with Gasteiger partial charge in [0.2, 0.25) is 5.91 Å². The summed E-state index contributed by atoms with van der Waals surface area (Å²) < 4.78 is 0. The minimum atomic E-state index is -0.219. The van der Waals surface area contributed by atoms with Gasteiger partial charge in [0.05, 0.1) is 22.6 Å².